The number of hydrogen-bond acceptors (Lipinski definition) is 2. The van der Waals surface area contributed by atoms with Gasteiger partial charge in [0, 0.05) is 6.61 Å². The van der Waals surface area contributed by atoms with E-state index in [1.54, 1.807) is 0 Å². The Morgan fingerprint density at radius 3 is 2.29 bits per heavy atom. The maximum Gasteiger partial charge on any atom is 0.102 e. The number of quaternary nitrogens is 1. The fourth-order valence-corrected chi connectivity index (χ4v) is 2.38. The molecule has 0 aromatic heterocycles. The number of likely N-dealkylation sites (N-methyl/N-ethyl adjacent to an activating group) is 1. The van der Waals surface area contributed by atoms with E-state index < -0.39 is 0 Å². The Morgan fingerprint density at radius 2 is 1.79 bits per heavy atom. The predicted octanol–water partition coefficient (Wildman–Crippen LogP) is 0.608. The molecule has 14 heavy (non-hydrogen) atoms. The molecule has 0 bridgehead atoms. The SMILES string of the molecule is C[N+]1(CCO)CCC(CCCO)CC1. The Hall–Kier alpha value is -0.120. The van der Waals surface area contributed by atoms with Crippen molar-refractivity contribution >= 4 is 0 Å². The second-order valence-electron chi connectivity index (χ2n) is 4.82. The zero-order valence-corrected chi connectivity index (χ0v) is 9.28. The van der Waals surface area contributed by atoms with Crippen LogP contribution >= 0.6 is 0 Å². The Balaban J connectivity index is 2.23. The zero-order chi connectivity index (χ0) is 10.4. The lowest BCUT2D eigenvalue weighted by molar-refractivity contribution is -0.915. The molecule has 1 heterocycles. The maximum absolute atomic E-state index is 8.94. The Kier molecular flexibility index (Phi) is 4.85. The van der Waals surface area contributed by atoms with E-state index in [0.29, 0.717) is 13.2 Å². The van der Waals surface area contributed by atoms with Gasteiger partial charge < -0.3 is 14.7 Å². The van der Waals surface area contributed by atoms with Crippen LogP contribution in [0.15, 0.2) is 0 Å². The molecule has 1 fully saturated rings. The summed E-state index contributed by atoms with van der Waals surface area (Å²) in [4.78, 5) is 0. The van der Waals surface area contributed by atoms with Crippen molar-refractivity contribution in [1.82, 2.24) is 0 Å². The van der Waals surface area contributed by atoms with Gasteiger partial charge in [-0.25, -0.2) is 0 Å². The molecule has 1 aliphatic heterocycles. The Bertz CT molecular complexity index is 153. The van der Waals surface area contributed by atoms with Crippen molar-refractivity contribution < 1.29 is 14.7 Å². The van der Waals surface area contributed by atoms with Crippen molar-refractivity contribution in [2.75, 3.05) is 39.9 Å². The van der Waals surface area contributed by atoms with Crippen LogP contribution in [0.4, 0.5) is 0 Å². The number of aliphatic hydroxyl groups is 2. The van der Waals surface area contributed by atoms with Crippen molar-refractivity contribution in [1.29, 1.82) is 0 Å². The molecule has 2 N–H and O–H groups in total. The van der Waals surface area contributed by atoms with Crippen LogP contribution < -0.4 is 0 Å². The molecule has 0 atom stereocenters. The third-order valence-electron chi connectivity index (χ3n) is 3.56. The molecule has 0 saturated carbocycles. The van der Waals surface area contributed by atoms with E-state index in [9.17, 15) is 0 Å². The first-order valence-electron chi connectivity index (χ1n) is 5.75. The van der Waals surface area contributed by atoms with Crippen LogP contribution in [0.1, 0.15) is 25.7 Å². The average Bonchev–Trinajstić information content (AvgIpc) is 2.17. The van der Waals surface area contributed by atoms with E-state index in [-0.39, 0.29) is 0 Å². The second-order valence-corrected chi connectivity index (χ2v) is 4.82. The van der Waals surface area contributed by atoms with E-state index in [2.05, 4.69) is 7.05 Å². The first-order valence-corrected chi connectivity index (χ1v) is 5.75. The highest BCUT2D eigenvalue weighted by molar-refractivity contribution is 4.64. The van der Waals surface area contributed by atoms with E-state index in [1.165, 1.54) is 32.4 Å². The fourth-order valence-electron chi connectivity index (χ4n) is 2.38. The van der Waals surface area contributed by atoms with E-state index in [4.69, 9.17) is 10.2 Å². The molecule has 1 saturated heterocycles. The number of piperidine rings is 1. The van der Waals surface area contributed by atoms with Crippen LogP contribution in [0.25, 0.3) is 0 Å². The highest BCUT2D eigenvalue weighted by Gasteiger charge is 2.28. The average molecular weight is 202 g/mol. The Labute approximate surface area is 86.9 Å². The van der Waals surface area contributed by atoms with Crippen LogP contribution in [0.5, 0.6) is 0 Å². The minimum Gasteiger partial charge on any atom is -0.396 e. The molecular formula is C11H24NO2+. The number of nitrogens with zero attached hydrogens (tertiary/aromatic N) is 1. The van der Waals surface area contributed by atoms with Gasteiger partial charge in [-0.1, -0.05) is 0 Å². The lowest BCUT2D eigenvalue weighted by Gasteiger charge is -2.40. The summed E-state index contributed by atoms with van der Waals surface area (Å²) in [6.45, 7) is 3.91. The van der Waals surface area contributed by atoms with Gasteiger partial charge in [-0.15, -0.1) is 0 Å². The fraction of sp³-hybridized carbons (Fsp3) is 1.00. The summed E-state index contributed by atoms with van der Waals surface area (Å²) in [5, 5.41) is 17.7. The van der Waals surface area contributed by atoms with Crippen molar-refractivity contribution in [3.05, 3.63) is 0 Å². The number of rotatable bonds is 5. The van der Waals surface area contributed by atoms with Crippen LogP contribution in [-0.4, -0.2) is 54.6 Å². The van der Waals surface area contributed by atoms with Gasteiger partial charge in [-0.3, -0.25) is 0 Å². The summed E-state index contributed by atoms with van der Waals surface area (Å²) >= 11 is 0. The normalized spacial score (nSPS) is 33.2. The van der Waals surface area contributed by atoms with Crippen molar-refractivity contribution in [3.63, 3.8) is 0 Å². The maximum atomic E-state index is 8.94. The predicted molar refractivity (Wildman–Crippen MR) is 56.9 cm³/mol. The van der Waals surface area contributed by atoms with E-state index in [0.717, 1.165) is 23.4 Å². The molecule has 1 aliphatic rings. The van der Waals surface area contributed by atoms with Gasteiger partial charge in [0.15, 0.2) is 0 Å². The summed E-state index contributed by atoms with van der Waals surface area (Å²) in [7, 11) is 2.23. The molecule has 0 radical (unpaired) electrons. The number of hydrogen-bond donors (Lipinski definition) is 2. The molecule has 3 nitrogen and oxygen atoms in total. The zero-order valence-electron chi connectivity index (χ0n) is 9.28. The highest BCUT2D eigenvalue weighted by atomic mass is 16.3. The monoisotopic (exact) mass is 202 g/mol. The number of likely N-dealkylation sites (tertiary alicyclic amines) is 1. The molecule has 0 spiro atoms. The Morgan fingerprint density at radius 1 is 1.14 bits per heavy atom. The third-order valence-corrected chi connectivity index (χ3v) is 3.56. The van der Waals surface area contributed by atoms with Gasteiger partial charge in [-0.2, -0.15) is 0 Å². The summed E-state index contributed by atoms with van der Waals surface area (Å²) in [5.74, 6) is 0.812. The molecule has 0 amide bonds. The van der Waals surface area contributed by atoms with Crippen molar-refractivity contribution in [3.8, 4) is 0 Å². The first-order chi connectivity index (χ1) is 6.70. The molecular weight excluding hydrogens is 178 g/mol. The summed E-state index contributed by atoms with van der Waals surface area (Å²) < 4.78 is 1.03. The smallest absolute Gasteiger partial charge is 0.102 e. The van der Waals surface area contributed by atoms with Crippen LogP contribution in [-0.2, 0) is 0 Å². The van der Waals surface area contributed by atoms with Crippen LogP contribution in [0, 0.1) is 5.92 Å². The minimum atomic E-state index is 0.303. The molecule has 84 valence electrons. The van der Waals surface area contributed by atoms with E-state index in [1.807, 2.05) is 0 Å². The van der Waals surface area contributed by atoms with Gasteiger partial charge in [0.05, 0.1) is 26.7 Å². The molecule has 0 aromatic carbocycles. The topological polar surface area (TPSA) is 40.5 Å². The summed E-state index contributed by atoms with van der Waals surface area (Å²) in [6, 6.07) is 0. The molecule has 0 unspecified atom stereocenters. The van der Waals surface area contributed by atoms with Gasteiger partial charge in [0.25, 0.3) is 0 Å². The molecule has 3 heteroatoms. The summed E-state index contributed by atoms with van der Waals surface area (Å²) in [6.07, 6.45) is 4.65. The minimum absolute atomic E-state index is 0.303. The standard InChI is InChI=1S/C11H24NO2/c1-12(8-10-14)6-4-11(5-7-12)3-2-9-13/h11,13-14H,2-10H2,1H3/q+1. The second kappa shape index (κ2) is 5.69. The van der Waals surface area contributed by atoms with Gasteiger partial charge >= 0.3 is 0 Å². The number of aliphatic hydroxyl groups excluding tert-OH is 2. The third kappa shape index (κ3) is 3.56. The van der Waals surface area contributed by atoms with Gasteiger partial charge in [-0.05, 0) is 31.6 Å². The quantitative estimate of drug-likeness (QED) is 0.641. The first kappa shape index (κ1) is 12.0. The van der Waals surface area contributed by atoms with E-state index >= 15 is 0 Å². The van der Waals surface area contributed by atoms with Gasteiger partial charge in [0.2, 0.25) is 0 Å². The molecule has 0 aliphatic carbocycles. The highest BCUT2D eigenvalue weighted by Crippen LogP contribution is 2.25. The largest absolute Gasteiger partial charge is 0.396 e. The lowest BCUT2D eigenvalue weighted by atomic mass is 9.91. The molecule has 1 rings (SSSR count). The van der Waals surface area contributed by atoms with Crippen molar-refractivity contribution in [2.45, 2.75) is 25.7 Å². The lowest BCUT2D eigenvalue weighted by Crippen LogP contribution is -2.51. The molecule has 0 aromatic rings. The van der Waals surface area contributed by atoms with Gasteiger partial charge in [0.1, 0.15) is 6.54 Å². The van der Waals surface area contributed by atoms with Crippen LogP contribution in [0.2, 0.25) is 0 Å². The summed E-state index contributed by atoms with van der Waals surface area (Å²) in [5.41, 5.74) is 0. The van der Waals surface area contributed by atoms with Crippen molar-refractivity contribution in [2.24, 2.45) is 5.92 Å². The van der Waals surface area contributed by atoms with Crippen LogP contribution in [0.3, 0.4) is 0 Å².